The van der Waals surface area contributed by atoms with Gasteiger partial charge in [-0.25, -0.2) is 8.51 Å². The average Bonchev–Trinajstić information content (AvgIpc) is 2.83. The lowest BCUT2D eigenvalue weighted by molar-refractivity contribution is 0.411. The predicted molar refractivity (Wildman–Crippen MR) is 153 cm³/mol. The zero-order valence-electron chi connectivity index (χ0n) is 19.1. The van der Waals surface area contributed by atoms with E-state index in [9.17, 15) is 9.32 Å². The zero-order chi connectivity index (χ0) is 24.9. The summed E-state index contributed by atoms with van der Waals surface area (Å²) in [4.78, 5) is 0. The molecule has 0 bridgehead atoms. The number of aliphatic hydroxyl groups is 1. The smallest absolute Gasteiger partial charge is 0.120 e. The van der Waals surface area contributed by atoms with Gasteiger partial charge in [-0.15, -0.1) is 20.8 Å². The second kappa shape index (κ2) is 15.1. The van der Waals surface area contributed by atoms with Crippen LogP contribution in [0.5, 0.6) is 0 Å². The van der Waals surface area contributed by atoms with E-state index in [0.717, 1.165) is 27.6 Å². The molecule has 3 atom stereocenters. The highest BCUT2D eigenvalue weighted by Gasteiger charge is 2.14. The van der Waals surface area contributed by atoms with Crippen LogP contribution >= 0.6 is 32.4 Å². The molecule has 0 radical (unpaired) electrons. The lowest BCUT2D eigenvalue weighted by Crippen LogP contribution is -2.24. The standard InChI is InChI=1S/C27H30Cl2NO2PS/c1-3-24(8-5-16-28)25-7-4-6-23(18-25)20-30(19-22-10-13-27(33)14-11-22)34(32)17-15-26(29)12-9-21(2)31/h3-11,13-18,26,31H,1,12,19-20,33H2,2H3/b16-5+,17-15+,21-9+,24-8+. The van der Waals surface area contributed by atoms with Crippen LogP contribution in [0, 0.1) is 0 Å². The summed E-state index contributed by atoms with van der Waals surface area (Å²) in [6.07, 6.45) is 9.24. The van der Waals surface area contributed by atoms with E-state index in [-0.39, 0.29) is 11.1 Å². The first-order valence-corrected chi connectivity index (χ1v) is 13.3. The molecular weight excluding hydrogens is 504 g/mol. The Kier molecular flexibility index (Phi) is 12.6. The molecule has 7 heteroatoms. The monoisotopic (exact) mass is 533 g/mol. The molecule has 2 rings (SSSR count). The van der Waals surface area contributed by atoms with Crippen LogP contribution in [0.25, 0.3) is 5.57 Å². The van der Waals surface area contributed by atoms with Gasteiger partial charge >= 0.3 is 0 Å². The second-order valence-electron chi connectivity index (χ2n) is 7.59. The molecule has 0 aromatic heterocycles. The fourth-order valence-electron chi connectivity index (χ4n) is 3.09. The molecule has 3 nitrogen and oxygen atoms in total. The summed E-state index contributed by atoms with van der Waals surface area (Å²) in [6.45, 7) is 6.47. The number of alkyl halides is 1. The summed E-state index contributed by atoms with van der Waals surface area (Å²) in [5.74, 6) is 0.216. The summed E-state index contributed by atoms with van der Waals surface area (Å²) in [5.41, 5.74) is 5.48. The third-order valence-electron chi connectivity index (χ3n) is 4.82. The van der Waals surface area contributed by atoms with Crippen molar-refractivity contribution in [2.75, 3.05) is 0 Å². The SMILES string of the molecule is C=C/C(=C\C=C\Cl)c1cccc(CN(Cc2ccc(P)cc2)S(=O)/C=C/C(Cl)C/C=C(\C)O)c1. The molecule has 0 saturated heterocycles. The van der Waals surface area contributed by atoms with Crippen LogP contribution in [-0.4, -0.2) is 19.0 Å². The van der Waals surface area contributed by atoms with E-state index in [1.165, 1.54) is 5.54 Å². The normalized spacial score (nSPS) is 14.7. The summed E-state index contributed by atoms with van der Waals surface area (Å²) < 4.78 is 15.1. The lowest BCUT2D eigenvalue weighted by atomic mass is 10.0. The summed E-state index contributed by atoms with van der Waals surface area (Å²) >= 11 is 12.0. The van der Waals surface area contributed by atoms with Gasteiger partial charge in [0.2, 0.25) is 0 Å². The topological polar surface area (TPSA) is 40.5 Å². The minimum Gasteiger partial charge on any atom is -0.513 e. The fraction of sp³-hybridized carbons (Fsp3) is 0.185. The van der Waals surface area contributed by atoms with Gasteiger partial charge in [-0.2, -0.15) is 0 Å². The van der Waals surface area contributed by atoms with Crippen LogP contribution in [0.4, 0.5) is 0 Å². The number of hydrogen-bond donors (Lipinski definition) is 1. The van der Waals surface area contributed by atoms with E-state index in [0.29, 0.717) is 19.5 Å². The molecule has 2 aromatic rings. The Bertz CT molecular complexity index is 1090. The van der Waals surface area contributed by atoms with Crippen molar-refractivity contribution >= 4 is 54.3 Å². The van der Waals surface area contributed by atoms with Crippen LogP contribution in [0.15, 0.2) is 102 Å². The number of benzene rings is 2. The Morgan fingerprint density at radius 3 is 2.56 bits per heavy atom. The Morgan fingerprint density at radius 1 is 1.21 bits per heavy atom. The molecule has 0 saturated carbocycles. The maximum atomic E-state index is 13.2. The molecule has 3 unspecified atom stereocenters. The first-order valence-electron chi connectivity index (χ1n) is 10.7. The van der Waals surface area contributed by atoms with Crippen molar-refractivity contribution in [3.05, 3.63) is 119 Å². The van der Waals surface area contributed by atoms with Crippen LogP contribution in [0.2, 0.25) is 0 Å². The highest BCUT2D eigenvalue weighted by atomic mass is 35.5. The molecule has 180 valence electrons. The second-order valence-corrected chi connectivity index (χ2v) is 10.4. The van der Waals surface area contributed by atoms with Crippen molar-refractivity contribution < 1.29 is 9.32 Å². The van der Waals surface area contributed by atoms with Crippen LogP contribution in [-0.2, 0) is 24.1 Å². The van der Waals surface area contributed by atoms with Gasteiger partial charge in [-0.3, -0.25) is 0 Å². The minimum absolute atomic E-state index is 0.216. The first-order chi connectivity index (χ1) is 16.3. The quantitative estimate of drug-likeness (QED) is 0.136. The fourth-order valence-corrected chi connectivity index (χ4v) is 4.65. The van der Waals surface area contributed by atoms with Gasteiger partial charge in [0.25, 0.3) is 0 Å². The third kappa shape index (κ3) is 10.1. The molecule has 0 aliphatic rings. The Hall–Kier alpha value is -1.94. The third-order valence-corrected chi connectivity index (χ3v) is 6.83. The number of halogens is 2. The van der Waals surface area contributed by atoms with E-state index in [2.05, 4.69) is 21.9 Å². The molecule has 34 heavy (non-hydrogen) atoms. The van der Waals surface area contributed by atoms with Gasteiger partial charge < -0.3 is 5.11 Å². The van der Waals surface area contributed by atoms with Crippen LogP contribution in [0.1, 0.15) is 30.0 Å². The number of aliphatic hydroxyl groups excluding tert-OH is 1. The molecule has 0 aliphatic heterocycles. The molecule has 0 fully saturated rings. The van der Waals surface area contributed by atoms with Crippen LogP contribution < -0.4 is 5.30 Å². The van der Waals surface area contributed by atoms with Crippen molar-refractivity contribution in [2.24, 2.45) is 0 Å². The number of rotatable bonds is 12. The summed E-state index contributed by atoms with van der Waals surface area (Å²) in [7, 11) is 1.27. The van der Waals surface area contributed by atoms with E-state index in [1.54, 1.807) is 36.6 Å². The van der Waals surface area contributed by atoms with Crippen LogP contribution in [0.3, 0.4) is 0 Å². The summed E-state index contributed by atoms with van der Waals surface area (Å²) in [5, 5.41) is 11.7. The Labute approximate surface area is 218 Å². The van der Waals surface area contributed by atoms with E-state index in [4.69, 9.17) is 23.2 Å². The number of allylic oxidation sites excluding steroid dienone is 7. The van der Waals surface area contributed by atoms with Crippen molar-refractivity contribution in [1.82, 2.24) is 4.31 Å². The van der Waals surface area contributed by atoms with Crippen molar-refractivity contribution in [3.8, 4) is 0 Å². The molecule has 0 amide bonds. The van der Waals surface area contributed by atoms with Gasteiger partial charge in [-0.1, -0.05) is 84.9 Å². The van der Waals surface area contributed by atoms with Crippen molar-refractivity contribution in [2.45, 2.75) is 31.8 Å². The van der Waals surface area contributed by atoms with E-state index in [1.807, 2.05) is 52.8 Å². The Balaban J connectivity index is 2.28. The van der Waals surface area contributed by atoms with E-state index < -0.39 is 11.0 Å². The lowest BCUT2D eigenvalue weighted by Gasteiger charge is -2.20. The molecule has 2 aromatic carbocycles. The van der Waals surface area contributed by atoms with E-state index >= 15 is 0 Å². The van der Waals surface area contributed by atoms with Gasteiger partial charge in [0.05, 0.1) is 11.1 Å². The molecule has 0 heterocycles. The molecule has 0 aliphatic carbocycles. The highest BCUT2D eigenvalue weighted by molar-refractivity contribution is 7.85. The van der Waals surface area contributed by atoms with Crippen molar-refractivity contribution in [3.63, 3.8) is 0 Å². The number of hydrogen-bond acceptors (Lipinski definition) is 2. The van der Waals surface area contributed by atoms with Gasteiger partial charge in [-0.05, 0) is 53.1 Å². The zero-order valence-corrected chi connectivity index (χ0v) is 22.6. The molecular formula is C27H30Cl2NO2PS. The van der Waals surface area contributed by atoms with Gasteiger partial charge in [0.15, 0.2) is 0 Å². The molecule has 1 N–H and O–H groups in total. The summed E-state index contributed by atoms with van der Waals surface area (Å²) in [6, 6.07) is 16.2. The predicted octanol–water partition coefficient (Wildman–Crippen LogP) is 7.15. The maximum Gasteiger partial charge on any atom is 0.120 e. The Morgan fingerprint density at radius 2 is 1.91 bits per heavy atom. The first kappa shape index (κ1) is 28.3. The maximum absolute atomic E-state index is 13.2. The highest BCUT2D eigenvalue weighted by Crippen LogP contribution is 2.20. The minimum atomic E-state index is -1.41. The van der Waals surface area contributed by atoms with Gasteiger partial charge in [0.1, 0.15) is 11.0 Å². The van der Waals surface area contributed by atoms with Crippen molar-refractivity contribution in [1.29, 1.82) is 0 Å². The molecule has 0 spiro atoms. The number of nitrogens with zero attached hydrogens (tertiary/aromatic N) is 1. The largest absolute Gasteiger partial charge is 0.513 e. The average molecular weight is 534 g/mol. The van der Waals surface area contributed by atoms with Gasteiger partial charge in [0, 0.05) is 24.0 Å².